The molecule has 1 aliphatic rings. The number of hydrogen-bond donors (Lipinski definition) is 1. The molecule has 1 heterocycles. The smallest absolute Gasteiger partial charge is 0.339 e. The van der Waals surface area contributed by atoms with Gasteiger partial charge in [-0.05, 0) is 30.2 Å². The van der Waals surface area contributed by atoms with Gasteiger partial charge in [0.15, 0.2) is 0 Å². The van der Waals surface area contributed by atoms with Crippen LogP contribution in [0.1, 0.15) is 21.5 Å². The number of esters is 1. The van der Waals surface area contributed by atoms with Crippen LogP contribution in [0.5, 0.6) is 0 Å². The third-order valence-corrected chi connectivity index (χ3v) is 4.91. The second-order valence-electron chi connectivity index (χ2n) is 6.57. The molecule has 1 N–H and O–H groups in total. The van der Waals surface area contributed by atoms with Crippen molar-refractivity contribution in [2.75, 3.05) is 38.2 Å². The zero-order chi connectivity index (χ0) is 19.2. The predicted octanol–water partition coefficient (Wildman–Crippen LogP) is 2.81. The van der Waals surface area contributed by atoms with Crippen LogP contribution in [0, 0.1) is 6.92 Å². The molecule has 0 atom stereocenters. The van der Waals surface area contributed by atoms with Crippen molar-refractivity contribution in [2.24, 2.45) is 0 Å². The lowest BCUT2D eigenvalue weighted by Crippen LogP contribution is -2.52. The van der Waals surface area contributed by atoms with Crippen LogP contribution in [0.4, 0.5) is 10.5 Å². The molecule has 2 amide bonds. The summed E-state index contributed by atoms with van der Waals surface area (Å²) >= 11 is 0. The molecule has 0 aromatic heterocycles. The number of methoxy groups -OCH3 is 1. The van der Waals surface area contributed by atoms with Gasteiger partial charge in [-0.1, -0.05) is 36.4 Å². The number of amides is 2. The van der Waals surface area contributed by atoms with E-state index in [9.17, 15) is 9.59 Å². The van der Waals surface area contributed by atoms with E-state index < -0.39 is 0 Å². The maximum absolute atomic E-state index is 12.5. The van der Waals surface area contributed by atoms with Gasteiger partial charge < -0.3 is 19.9 Å². The monoisotopic (exact) mass is 367 g/mol. The molecule has 0 radical (unpaired) electrons. The van der Waals surface area contributed by atoms with Crippen molar-refractivity contribution in [3.63, 3.8) is 0 Å². The molecule has 0 unspecified atom stereocenters. The summed E-state index contributed by atoms with van der Waals surface area (Å²) in [7, 11) is 1.38. The van der Waals surface area contributed by atoms with Crippen LogP contribution in [-0.4, -0.2) is 50.2 Å². The van der Waals surface area contributed by atoms with Gasteiger partial charge in [0.25, 0.3) is 0 Å². The normalized spacial score (nSPS) is 14.0. The maximum atomic E-state index is 12.5. The van der Waals surface area contributed by atoms with E-state index in [1.165, 1.54) is 12.7 Å². The highest BCUT2D eigenvalue weighted by atomic mass is 16.5. The first-order valence-corrected chi connectivity index (χ1v) is 9.09. The van der Waals surface area contributed by atoms with Crippen LogP contribution in [0.2, 0.25) is 0 Å². The van der Waals surface area contributed by atoms with E-state index in [1.807, 2.05) is 54.3 Å². The molecule has 0 spiro atoms. The van der Waals surface area contributed by atoms with E-state index in [-0.39, 0.29) is 12.0 Å². The number of urea groups is 1. The average Bonchev–Trinajstić information content (AvgIpc) is 2.72. The minimum absolute atomic E-state index is 0.0563. The van der Waals surface area contributed by atoms with Crippen LogP contribution in [0.25, 0.3) is 0 Å². The number of hydrogen-bond acceptors (Lipinski definition) is 4. The fourth-order valence-corrected chi connectivity index (χ4v) is 3.27. The van der Waals surface area contributed by atoms with Crippen LogP contribution >= 0.6 is 0 Å². The fraction of sp³-hybridized carbons (Fsp3) is 0.333. The first-order valence-electron chi connectivity index (χ1n) is 9.09. The highest BCUT2D eigenvalue weighted by molar-refractivity contribution is 5.95. The molecular weight excluding hydrogens is 342 g/mol. The van der Waals surface area contributed by atoms with Gasteiger partial charge in [-0.3, -0.25) is 0 Å². The summed E-state index contributed by atoms with van der Waals surface area (Å²) in [5, 5.41) is 3.00. The highest BCUT2D eigenvalue weighted by Crippen LogP contribution is 2.22. The summed E-state index contributed by atoms with van der Waals surface area (Å²) < 4.78 is 4.87. The minimum Gasteiger partial charge on any atom is -0.465 e. The van der Waals surface area contributed by atoms with Gasteiger partial charge in [0, 0.05) is 32.7 Å². The predicted molar refractivity (Wildman–Crippen MR) is 105 cm³/mol. The third-order valence-electron chi connectivity index (χ3n) is 4.91. The Hall–Kier alpha value is -3.02. The second-order valence-corrected chi connectivity index (χ2v) is 6.57. The number of nitrogens with zero attached hydrogens (tertiary/aromatic N) is 2. The van der Waals surface area contributed by atoms with Crippen molar-refractivity contribution < 1.29 is 14.3 Å². The second kappa shape index (κ2) is 8.58. The number of benzene rings is 2. The number of nitrogens with one attached hydrogen (secondary N) is 1. The van der Waals surface area contributed by atoms with Crippen molar-refractivity contribution >= 4 is 17.7 Å². The van der Waals surface area contributed by atoms with Crippen molar-refractivity contribution in [3.05, 3.63) is 65.2 Å². The van der Waals surface area contributed by atoms with Crippen LogP contribution in [0.15, 0.2) is 48.5 Å². The average molecular weight is 367 g/mol. The van der Waals surface area contributed by atoms with Gasteiger partial charge in [-0.15, -0.1) is 0 Å². The minimum atomic E-state index is -0.344. The molecule has 1 saturated heterocycles. The molecule has 6 nitrogen and oxygen atoms in total. The molecule has 6 heteroatoms. The molecule has 0 aliphatic carbocycles. The summed E-state index contributed by atoms with van der Waals surface area (Å²) in [5.74, 6) is -0.344. The number of carbonyl (C=O) groups is 2. The lowest BCUT2D eigenvalue weighted by Gasteiger charge is -2.36. The number of carbonyl (C=O) groups excluding carboxylic acids is 2. The fourth-order valence-electron chi connectivity index (χ4n) is 3.27. The summed E-state index contributed by atoms with van der Waals surface area (Å²) in [4.78, 5) is 28.4. The Morgan fingerprint density at radius 3 is 2.37 bits per heavy atom. The van der Waals surface area contributed by atoms with E-state index >= 15 is 0 Å². The molecule has 2 aromatic rings. The summed E-state index contributed by atoms with van der Waals surface area (Å²) in [6.07, 6.45) is 0. The maximum Gasteiger partial charge on any atom is 0.339 e. The Kier molecular flexibility index (Phi) is 5.96. The van der Waals surface area contributed by atoms with Gasteiger partial charge in [0.1, 0.15) is 0 Å². The van der Waals surface area contributed by atoms with Gasteiger partial charge in [-0.25, -0.2) is 9.59 Å². The van der Waals surface area contributed by atoms with Gasteiger partial charge in [0.05, 0.1) is 18.4 Å². The molecule has 0 bridgehead atoms. The van der Waals surface area contributed by atoms with E-state index in [1.54, 1.807) is 6.07 Å². The molecular formula is C21H25N3O3. The lowest BCUT2D eigenvalue weighted by atomic mass is 10.1. The molecule has 142 valence electrons. The molecule has 27 heavy (non-hydrogen) atoms. The Labute approximate surface area is 159 Å². The van der Waals surface area contributed by atoms with Crippen molar-refractivity contribution in [3.8, 4) is 0 Å². The van der Waals surface area contributed by atoms with Crippen molar-refractivity contribution in [1.29, 1.82) is 0 Å². The first kappa shape index (κ1) is 18.8. The van der Waals surface area contributed by atoms with Gasteiger partial charge in [-0.2, -0.15) is 0 Å². The van der Waals surface area contributed by atoms with Crippen LogP contribution in [-0.2, 0) is 11.3 Å². The molecule has 3 rings (SSSR count). The topological polar surface area (TPSA) is 61.9 Å². The Balaban J connectivity index is 1.57. The van der Waals surface area contributed by atoms with E-state index in [0.29, 0.717) is 38.3 Å². The largest absolute Gasteiger partial charge is 0.465 e. The Morgan fingerprint density at radius 2 is 1.67 bits per heavy atom. The molecule has 0 saturated carbocycles. The Morgan fingerprint density at radius 1 is 1.00 bits per heavy atom. The first-order chi connectivity index (χ1) is 13.1. The van der Waals surface area contributed by atoms with Gasteiger partial charge in [0.2, 0.25) is 0 Å². The Bertz CT molecular complexity index is 814. The summed E-state index contributed by atoms with van der Waals surface area (Å²) in [6, 6.07) is 15.4. The van der Waals surface area contributed by atoms with Crippen LogP contribution in [0.3, 0.4) is 0 Å². The SMILES string of the molecule is COC(=O)c1ccccc1N1CCN(C(=O)NCc2ccccc2C)CC1. The highest BCUT2D eigenvalue weighted by Gasteiger charge is 2.24. The number of ether oxygens (including phenoxy) is 1. The third kappa shape index (κ3) is 4.39. The van der Waals surface area contributed by atoms with Crippen molar-refractivity contribution in [2.45, 2.75) is 13.5 Å². The number of rotatable bonds is 4. The van der Waals surface area contributed by atoms with Crippen LogP contribution < -0.4 is 10.2 Å². The molecule has 2 aromatic carbocycles. The van der Waals surface area contributed by atoms with E-state index in [2.05, 4.69) is 10.2 Å². The standard InChI is InChI=1S/C21H25N3O3/c1-16-7-3-4-8-17(16)15-22-21(26)24-13-11-23(12-14-24)19-10-6-5-9-18(19)20(25)27-2/h3-10H,11-15H2,1-2H3,(H,22,26). The lowest BCUT2D eigenvalue weighted by molar-refractivity contribution is 0.0601. The zero-order valence-electron chi connectivity index (χ0n) is 15.8. The van der Waals surface area contributed by atoms with Gasteiger partial charge >= 0.3 is 12.0 Å². The van der Waals surface area contributed by atoms with E-state index in [0.717, 1.165) is 11.3 Å². The summed E-state index contributed by atoms with van der Waals surface area (Å²) in [6.45, 7) is 5.12. The zero-order valence-corrected chi connectivity index (χ0v) is 15.8. The number of anilines is 1. The summed E-state index contributed by atoms with van der Waals surface area (Å²) in [5.41, 5.74) is 3.69. The quantitative estimate of drug-likeness (QED) is 0.844. The number of piperazine rings is 1. The van der Waals surface area contributed by atoms with Crippen molar-refractivity contribution in [1.82, 2.24) is 10.2 Å². The molecule has 1 fully saturated rings. The number of aryl methyl sites for hydroxylation is 1. The number of para-hydroxylation sites is 1. The van der Waals surface area contributed by atoms with E-state index in [4.69, 9.17) is 4.74 Å². The molecule has 1 aliphatic heterocycles.